The molecule has 0 unspecified atom stereocenters. The van der Waals surface area contributed by atoms with Gasteiger partial charge in [0, 0.05) is 10.9 Å². The normalized spacial score (nSPS) is 13.1. The van der Waals surface area contributed by atoms with Gasteiger partial charge in [0.2, 0.25) is 5.91 Å². The van der Waals surface area contributed by atoms with Gasteiger partial charge in [0.25, 0.3) is 0 Å². The van der Waals surface area contributed by atoms with Crippen LogP contribution in [0.15, 0.2) is 47.8 Å². The minimum absolute atomic E-state index is 0.0361. The number of imide groups is 1. The SMILES string of the molecule is CC[C@H](C)NC(=O)NC(=O)CN[C@@H](c1ccccc1)c1cccs1. The third-order valence-electron chi connectivity index (χ3n) is 3.67. The van der Waals surface area contributed by atoms with Gasteiger partial charge < -0.3 is 5.32 Å². The molecule has 5 nitrogen and oxygen atoms in total. The average Bonchev–Trinajstić information content (AvgIpc) is 3.10. The molecule has 1 aromatic heterocycles. The highest BCUT2D eigenvalue weighted by molar-refractivity contribution is 7.10. The molecule has 0 fully saturated rings. The van der Waals surface area contributed by atoms with Gasteiger partial charge in [-0.15, -0.1) is 11.3 Å². The number of rotatable bonds is 7. The second-order valence-corrected chi connectivity index (χ2v) is 6.55. The Morgan fingerprint density at radius 2 is 1.88 bits per heavy atom. The van der Waals surface area contributed by atoms with E-state index >= 15 is 0 Å². The van der Waals surface area contributed by atoms with Gasteiger partial charge in [0.15, 0.2) is 0 Å². The molecule has 2 aromatic rings. The van der Waals surface area contributed by atoms with E-state index in [4.69, 9.17) is 0 Å². The molecule has 0 radical (unpaired) electrons. The highest BCUT2D eigenvalue weighted by atomic mass is 32.1. The zero-order valence-electron chi connectivity index (χ0n) is 13.9. The molecular formula is C18H23N3O2S. The molecule has 0 aliphatic heterocycles. The Bertz CT molecular complexity index is 644. The van der Waals surface area contributed by atoms with Crippen LogP contribution in [0.5, 0.6) is 0 Å². The van der Waals surface area contributed by atoms with Crippen molar-refractivity contribution in [1.82, 2.24) is 16.0 Å². The molecule has 24 heavy (non-hydrogen) atoms. The smallest absolute Gasteiger partial charge is 0.321 e. The third-order valence-corrected chi connectivity index (χ3v) is 4.61. The molecule has 1 heterocycles. The van der Waals surface area contributed by atoms with Crippen LogP contribution in [0, 0.1) is 0 Å². The fraction of sp³-hybridized carbons (Fsp3) is 0.333. The summed E-state index contributed by atoms with van der Waals surface area (Å²) < 4.78 is 0. The number of thiophene rings is 1. The van der Waals surface area contributed by atoms with Crippen molar-refractivity contribution >= 4 is 23.3 Å². The lowest BCUT2D eigenvalue weighted by atomic mass is 10.1. The first-order valence-electron chi connectivity index (χ1n) is 8.02. The molecule has 0 aliphatic carbocycles. The van der Waals surface area contributed by atoms with Gasteiger partial charge in [0.1, 0.15) is 0 Å². The number of carbonyl (C=O) groups excluding carboxylic acids is 2. The second-order valence-electron chi connectivity index (χ2n) is 5.57. The van der Waals surface area contributed by atoms with Crippen LogP contribution in [0.4, 0.5) is 4.79 Å². The van der Waals surface area contributed by atoms with Crippen LogP contribution < -0.4 is 16.0 Å². The van der Waals surface area contributed by atoms with Crippen molar-refractivity contribution < 1.29 is 9.59 Å². The molecule has 0 aliphatic rings. The van der Waals surface area contributed by atoms with Crippen LogP contribution >= 0.6 is 11.3 Å². The minimum Gasteiger partial charge on any atom is -0.335 e. The summed E-state index contributed by atoms with van der Waals surface area (Å²) in [5.41, 5.74) is 1.08. The first-order valence-corrected chi connectivity index (χ1v) is 8.90. The molecule has 1 aromatic carbocycles. The Hall–Kier alpha value is -2.18. The molecular weight excluding hydrogens is 322 g/mol. The summed E-state index contributed by atoms with van der Waals surface area (Å²) in [6, 6.07) is 13.5. The molecule has 128 valence electrons. The van der Waals surface area contributed by atoms with Crippen LogP contribution in [-0.4, -0.2) is 24.5 Å². The molecule has 2 rings (SSSR count). The van der Waals surface area contributed by atoms with Gasteiger partial charge in [-0.25, -0.2) is 4.79 Å². The molecule has 3 N–H and O–H groups in total. The van der Waals surface area contributed by atoms with Gasteiger partial charge in [-0.2, -0.15) is 0 Å². The van der Waals surface area contributed by atoms with Crippen molar-refractivity contribution in [1.29, 1.82) is 0 Å². The van der Waals surface area contributed by atoms with E-state index in [1.807, 2.05) is 61.7 Å². The zero-order chi connectivity index (χ0) is 17.4. The van der Waals surface area contributed by atoms with Gasteiger partial charge >= 0.3 is 6.03 Å². The van der Waals surface area contributed by atoms with Gasteiger partial charge in [-0.3, -0.25) is 15.4 Å². The quantitative estimate of drug-likeness (QED) is 0.722. The Morgan fingerprint density at radius 1 is 1.12 bits per heavy atom. The maximum atomic E-state index is 12.0. The maximum absolute atomic E-state index is 12.0. The largest absolute Gasteiger partial charge is 0.335 e. The van der Waals surface area contributed by atoms with Crippen molar-refractivity contribution in [2.75, 3.05) is 6.54 Å². The fourth-order valence-electron chi connectivity index (χ4n) is 2.21. The van der Waals surface area contributed by atoms with Crippen LogP contribution in [-0.2, 0) is 4.79 Å². The summed E-state index contributed by atoms with van der Waals surface area (Å²) >= 11 is 1.63. The summed E-state index contributed by atoms with van der Waals surface area (Å²) in [7, 11) is 0. The van der Waals surface area contributed by atoms with E-state index in [0.717, 1.165) is 16.9 Å². The van der Waals surface area contributed by atoms with Crippen molar-refractivity contribution in [3.05, 3.63) is 58.3 Å². The molecule has 2 atom stereocenters. The van der Waals surface area contributed by atoms with Gasteiger partial charge in [0.05, 0.1) is 12.6 Å². The van der Waals surface area contributed by atoms with E-state index in [0.29, 0.717) is 0 Å². The van der Waals surface area contributed by atoms with E-state index in [1.165, 1.54) is 0 Å². The van der Waals surface area contributed by atoms with E-state index in [1.54, 1.807) is 11.3 Å². The van der Waals surface area contributed by atoms with Crippen LogP contribution in [0.3, 0.4) is 0 Å². The van der Waals surface area contributed by atoms with Gasteiger partial charge in [-0.1, -0.05) is 43.3 Å². The predicted octanol–water partition coefficient (Wildman–Crippen LogP) is 3.05. The van der Waals surface area contributed by atoms with Crippen molar-refractivity contribution in [2.24, 2.45) is 0 Å². The lowest BCUT2D eigenvalue weighted by molar-refractivity contribution is -0.119. The molecule has 0 bridgehead atoms. The first kappa shape index (κ1) is 18.2. The minimum atomic E-state index is -0.455. The van der Waals surface area contributed by atoms with Crippen molar-refractivity contribution in [2.45, 2.75) is 32.4 Å². The van der Waals surface area contributed by atoms with E-state index in [9.17, 15) is 9.59 Å². The van der Waals surface area contributed by atoms with Crippen LogP contribution in [0.25, 0.3) is 0 Å². The highest BCUT2D eigenvalue weighted by Crippen LogP contribution is 2.25. The average molecular weight is 345 g/mol. The summed E-state index contributed by atoms with van der Waals surface area (Å²) in [6.07, 6.45) is 0.814. The van der Waals surface area contributed by atoms with E-state index in [-0.39, 0.29) is 24.5 Å². The number of hydrogen-bond acceptors (Lipinski definition) is 4. The molecule has 0 spiro atoms. The fourth-order valence-corrected chi connectivity index (χ4v) is 3.04. The lowest BCUT2D eigenvalue weighted by Gasteiger charge is -2.18. The number of carbonyl (C=O) groups is 2. The van der Waals surface area contributed by atoms with Crippen LogP contribution in [0.2, 0.25) is 0 Å². The number of benzene rings is 1. The Balaban J connectivity index is 1.94. The van der Waals surface area contributed by atoms with E-state index in [2.05, 4.69) is 16.0 Å². The Morgan fingerprint density at radius 3 is 2.50 bits per heavy atom. The standard InChI is InChI=1S/C18H23N3O2S/c1-3-13(2)20-18(23)21-16(22)12-19-17(15-10-7-11-24-15)14-8-5-4-6-9-14/h4-11,13,17,19H,3,12H2,1-2H3,(H2,20,21,22,23)/t13-,17-/m0/s1. The summed E-state index contributed by atoms with van der Waals surface area (Å²) in [5, 5.41) is 10.3. The lowest BCUT2D eigenvalue weighted by Crippen LogP contribution is -2.46. The number of urea groups is 1. The molecule has 6 heteroatoms. The number of nitrogens with one attached hydrogen (secondary N) is 3. The molecule has 0 saturated heterocycles. The van der Waals surface area contributed by atoms with Crippen molar-refractivity contribution in [3.8, 4) is 0 Å². The summed E-state index contributed by atoms with van der Waals surface area (Å²) in [6.45, 7) is 3.93. The van der Waals surface area contributed by atoms with Crippen LogP contribution in [0.1, 0.15) is 36.8 Å². The predicted molar refractivity (Wildman–Crippen MR) is 97.0 cm³/mol. The molecule has 0 saturated carbocycles. The van der Waals surface area contributed by atoms with Gasteiger partial charge in [-0.05, 0) is 30.4 Å². The Kier molecular flexibility index (Phi) is 6.96. The topological polar surface area (TPSA) is 70.2 Å². The number of hydrogen-bond donors (Lipinski definition) is 3. The monoisotopic (exact) mass is 345 g/mol. The van der Waals surface area contributed by atoms with Crippen molar-refractivity contribution in [3.63, 3.8) is 0 Å². The zero-order valence-corrected chi connectivity index (χ0v) is 14.7. The summed E-state index contributed by atoms with van der Waals surface area (Å²) in [5.74, 6) is -0.353. The summed E-state index contributed by atoms with van der Waals surface area (Å²) in [4.78, 5) is 24.8. The first-order chi connectivity index (χ1) is 11.6. The highest BCUT2D eigenvalue weighted by Gasteiger charge is 2.17. The number of amides is 3. The molecule has 3 amide bonds. The second kappa shape index (κ2) is 9.20. The maximum Gasteiger partial charge on any atom is 0.321 e. The Labute approximate surface area is 146 Å². The third kappa shape index (κ3) is 5.47. The van der Waals surface area contributed by atoms with E-state index < -0.39 is 6.03 Å².